The number of carbonyl (C=O) groups is 2. The number of methoxy groups -OCH3 is 1. The van der Waals surface area contributed by atoms with Gasteiger partial charge in [-0.3, -0.25) is 9.69 Å². The second kappa shape index (κ2) is 8.20. The summed E-state index contributed by atoms with van der Waals surface area (Å²) in [6.07, 6.45) is 0.747. The van der Waals surface area contributed by atoms with Gasteiger partial charge in [0.1, 0.15) is 5.75 Å². The second-order valence-corrected chi connectivity index (χ2v) is 6.69. The maximum atomic E-state index is 12.7. The van der Waals surface area contributed by atoms with Crippen LogP contribution in [0.5, 0.6) is 5.75 Å². The maximum absolute atomic E-state index is 12.7. The summed E-state index contributed by atoms with van der Waals surface area (Å²) in [4.78, 5) is 27.9. The summed E-state index contributed by atoms with van der Waals surface area (Å²) in [6, 6.07) is 5.04. The number of amides is 3. The zero-order valence-corrected chi connectivity index (χ0v) is 15.4. The third kappa shape index (κ3) is 4.42. The Kier molecular flexibility index (Phi) is 6.25. The van der Waals surface area contributed by atoms with Crippen molar-refractivity contribution < 1.29 is 14.3 Å². The highest BCUT2D eigenvalue weighted by atomic mass is 16.5. The van der Waals surface area contributed by atoms with Crippen molar-refractivity contribution in [3.05, 3.63) is 23.8 Å². The highest BCUT2D eigenvalue weighted by Gasteiger charge is 2.25. The van der Waals surface area contributed by atoms with Crippen molar-refractivity contribution in [1.29, 1.82) is 0 Å². The molecule has 0 radical (unpaired) electrons. The van der Waals surface area contributed by atoms with E-state index in [4.69, 9.17) is 10.5 Å². The lowest BCUT2D eigenvalue weighted by molar-refractivity contribution is 0.0789. The van der Waals surface area contributed by atoms with Crippen molar-refractivity contribution in [3.63, 3.8) is 0 Å². The number of benzene rings is 1. The molecule has 25 heavy (non-hydrogen) atoms. The molecule has 1 fully saturated rings. The summed E-state index contributed by atoms with van der Waals surface area (Å²) in [7, 11) is 3.32. The number of hydrogen-bond donors (Lipinski definition) is 2. The molecule has 1 unspecified atom stereocenters. The Morgan fingerprint density at radius 3 is 2.72 bits per heavy atom. The Bertz CT molecular complexity index is 633. The molecule has 138 valence electrons. The molecule has 1 saturated heterocycles. The van der Waals surface area contributed by atoms with E-state index in [0.29, 0.717) is 42.6 Å². The van der Waals surface area contributed by atoms with E-state index in [1.54, 1.807) is 42.2 Å². The van der Waals surface area contributed by atoms with E-state index in [-0.39, 0.29) is 18.0 Å². The summed E-state index contributed by atoms with van der Waals surface area (Å²) in [5.74, 6) is 0.849. The van der Waals surface area contributed by atoms with Gasteiger partial charge in [0, 0.05) is 38.3 Å². The average molecular weight is 348 g/mol. The van der Waals surface area contributed by atoms with Crippen LogP contribution in [0.1, 0.15) is 30.6 Å². The quantitative estimate of drug-likeness (QED) is 0.784. The first-order valence-corrected chi connectivity index (χ1v) is 8.59. The van der Waals surface area contributed by atoms with Crippen molar-refractivity contribution in [1.82, 2.24) is 10.2 Å². The van der Waals surface area contributed by atoms with Crippen LogP contribution in [-0.4, -0.2) is 56.7 Å². The van der Waals surface area contributed by atoms with Crippen LogP contribution in [0, 0.1) is 5.92 Å². The fraction of sp³-hybridized carbons (Fsp3) is 0.556. The maximum Gasteiger partial charge on any atom is 0.322 e. The molecule has 0 spiro atoms. The van der Waals surface area contributed by atoms with E-state index < -0.39 is 0 Å². The van der Waals surface area contributed by atoms with E-state index in [9.17, 15) is 9.59 Å². The number of urea groups is 1. The molecule has 3 N–H and O–H groups in total. The first-order chi connectivity index (χ1) is 11.8. The van der Waals surface area contributed by atoms with Gasteiger partial charge >= 0.3 is 6.03 Å². The Morgan fingerprint density at radius 2 is 2.16 bits per heavy atom. The largest absolute Gasteiger partial charge is 0.495 e. The molecular formula is C18H28N4O3. The van der Waals surface area contributed by atoms with Crippen molar-refractivity contribution in [2.24, 2.45) is 11.7 Å². The monoisotopic (exact) mass is 348 g/mol. The average Bonchev–Trinajstić information content (AvgIpc) is 3.03. The van der Waals surface area contributed by atoms with Crippen LogP contribution < -0.4 is 20.7 Å². The highest BCUT2D eigenvalue weighted by Crippen LogP contribution is 2.30. The van der Waals surface area contributed by atoms with Crippen LogP contribution in [0.3, 0.4) is 0 Å². The number of hydrogen-bond acceptors (Lipinski definition) is 4. The van der Waals surface area contributed by atoms with E-state index in [2.05, 4.69) is 19.2 Å². The summed E-state index contributed by atoms with van der Waals surface area (Å²) in [5.41, 5.74) is 7.19. The first-order valence-electron chi connectivity index (χ1n) is 8.59. The molecule has 0 aliphatic carbocycles. The lowest BCUT2D eigenvalue weighted by atomic mass is 10.0. The third-order valence-corrected chi connectivity index (χ3v) is 4.57. The zero-order valence-electron chi connectivity index (χ0n) is 15.4. The fourth-order valence-corrected chi connectivity index (χ4v) is 2.73. The Morgan fingerprint density at radius 1 is 1.44 bits per heavy atom. The molecule has 7 heteroatoms. The number of ether oxygens (including phenoxy) is 1. The topological polar surface area (TPSA) is 87.9 Å². The fourth-order valence-electron chi connectivity index (χ4n) is 2.73. The van der Waals surface area contributed by atoms with Crippen molar-refractivity contribution >= 4 is 17.6 Å². The van der Waals surface area contributed by atoms with Gasteiger partial charge in [-0.1, -0.05) is 13.8 Å². The van der Waals surface area contributed by atoms with Gasteiger partial charge in [0.2, 0.25) is 0 Å². The van der Waals surface area contributed by atoms with Crippen LogP contribution in [0.25, 0.3) is 0 Å². The summed E-state index contributed by atoms with van der Waals surface area (Å²) in [5, 5.41) is 2.76. The molecular weight excluding hydrogens is 320 g/mol. The molecule has 0 saturated carbocycles. The Hall–Kier alpha value is -2.28. The lowest BCUT2D eigenvalue weighted by Gasteiger charge is -2.23. The number of anilines is 1. The van der Waals surface area contributed by atoms with Gasteiger partial charge in [-0.05, 0) is 30.5 Å². The number of nitrogens with two attached hydrogens (primary N) is 1. The first kappa shape index (κ1) is 19.1. The molecule has 1 aromatic rings. The molecule has 1 aromatic carbocycles. The van der Waals surface area contributed by atoms with E-state index in [0.717, 1.165) is 6.42 Å². The summed E-state index contributed by atoms with van der Waals surface area (Å²) >= 11 is 0. The smallest absolute Gasteiger partial charge is 0.322 e. The van der Waals surface area contributed by atoms with Crippen LogP contribution in [0.2, 0.25) is 0 Å². The number of rotatable bonds is 7. The Balaban J connectivity index is 2.15. The third-order valence-electron chi connectivity index (χ3n) is 4.57. The molecule has 1 aliphatic rings. The normalized spacial score (nSPS) is 15.3. The standard InChI is InChI=1S/C18H28N4O3/c1-12(2)14(19)7-9-21(3)17(23)13-5-6-16(25-4)15(11-13)22-10-8-20-18(22)24/h5-6,11-12,14H,7-10,19H2,1-4H3,(H,20,24). The van der Waals surface area contributed by atoms with Gasteiger partial charge in [0.25, 0.3) is 5.91 Å². The van der Waals surface area contributed by atoms with Crippen LogP contribution in [-0.2, 0) is 0 Å². The van der Waals surface area contributed by atoms with Crippen molar-refractivity contribution in [3.8, 4) is 5.75 Å². The predicted molar refractivity (Wildman–Crippen MR) is 98.1 cm³/mol. The van der Waals surface area contributed by atoms with Crippen LogP contribution >= 0.6 is 0 Å². The SMILES string of the molecule is COc1ccc(C(=O)N(C)CCC(N)C(C)C)cc1N1CCNC1=O. The van der Waals surface area contributed by atoms with E-state index in [1.165, 1.54) is 0 Å². The lowest BCUT2D eigenvalue weighted by Crippen LogP contribution is -2.35. The van der Waals surface area contributed by atoms with Gasteiger partial charge in [-0.15, -0.1) is 0 Å². The molecule has 3 amide bonds. The van der Waals surface area contributed by atoms with Crippen molar-refractivity contribution in [2.45, 2.75) is 26.3 Å². The van der Waals surface area contributed by atoms with Gasteiger partial charge in [0.15, 0.2) is 0 Å². The van der Waals surface area contributed by atoms with E-state index >= 15 is 0 Å². The minimum atomic E-state index is -0.181. The highest BCUT2D eigenvalue weighted by molar-refractivity contribution is 5.99. The van der Waals surface area contributed by atoms with Gasteiger partial charge in [-0.2, -0.15) is 0 Å². The second-order valence-electron chi connectivity index (χ2n) is 6.69. The molecule has 1 heterocycles. The van der Waals surface area contributed by atoms with Crippen LogP contribution in [0.4, 0.5) is 10.5 Å². The van der Waals surface area contributed by atoms with Crippen molar-refractivity contribution in [2.75, 3.05) is 38.7 Å². The van der Waals surface area contributed by atoms with E-state index in [1.807, 2.05) is 0 Å². The summed E-state index contributed by atoms with van der Waals surface area (Å²) in [6.45, 7) is 5.86. The Labute approximate surface area is 149 Å². The zero-order chi connectivity index (χ0) is 18.6. The molecule has 1 atom stereocenters. The minimum Gasteiger partial charge on any atom is -0.495 e. The minimum absolute atomic E-state index is 0.0648. The number of nitrogens with one attached hydrogen (secondary N) is 1. The molecule has 7 nitrogen and oxygen atoms in total. The molecule has 2 rings (SSSR count). The molecule has 1 aliphatic heterocycles. The van der Waals surface area contributed by atoms with Gasteiger partial charge in [0.05, 0.1) is 12.8 Å². The number of carbonyl (C=O) groups excluding carboxylic acids is 2. The van der Waals surface area contributed by atoms with Gasteiger partial charge < -0.3 is 20.7 Å². The molecule has 0 aromatic heterocycles. The predicted octanol–water partition coefficient (Wildman–Crippen LogP) is 1.67. The molecule has 0 bridgehead atoms. The summed E-state index contributed by atoms with van der Waals surface area (Å²) < 4.78 is 5.34. The van der Waals surface area contributed by atoms with Gasteiger partial charge in [-0.25, -0.2) is 4.79 Å². The number of nitrogens with zero attached hydrogens (tertiary/aromatic N) is 2. The van der Waals surface area contributed by atoms with Crippen LogP contribution in [0.15, 0.2) is 18.2 Å².